The van der Waals surface area contributed by atoms with Gasteiger partial charge in [0.15, 0.2) is 0 Å². The maximum absolute atomic E-state index is 12.3. The van der Waals surface area contributed by atoms with Crippen LogP contribution in [0.3, 0.4) is 0 Å². The molecular weight excluding hydrogens is 346 g/mol. The van der Waals surface area contributed by atoms with Crippen molar-refractivity contribution >= 4 is 23.5 Å². The van der Waals surface area contributed by atoms with Crippen molar-refractivity contribution in [2.24, 2.45) is 5.92 Å². The van der Waals surface area contributed by atoms with Crippen LogP contribution < -0.4 is 0 Å². The molecule has 1 N–H and O–H groups in total. The molecule has 1 aromatic heterocycles. The Morgan fingerprint density at radius 1 is 1.32 bits per heavy atom. The highest BCUT2D eigenvalue weighted by atomic mass is 35.5. The highest BCUT2D eigenvalue weighted by molar-refractivity contribution is 6.30. The summed E-state index contributed by atoms with van der Waals surface area (Å²) in [7, 11) is 0. The number of piperidine rings is 1. The average molecular weight is 364 g/mol. The number of benzene rings is 1. The molecule has 8 heteroatoms. The molecule has 25 heavy (non-hydrogen) atoms. The number of hydrogen-bond acceptors (Lipinski definition) is 5. The van der Waals surface area contributed by atoms with Crippen molar-refractivity contribution in [1.29, 1.82) is 0 Å². The van der Waals surface area contributed by atoms with Crippen molar-refractivity contribution in [3.8, 4) is 11.4 Å². The topological polar surface area (TPSA) is 96.5 Å². The molecule has 0 unspecified atom stereocenters. The number of rotatable bonds is 5. The smallest absolute Gasteiger partial charge is 0.308 e. The molecule has 7 nitrogen and oxygen atoms in total. The van der Waals surface area contributed by atoms with Crippen LogP contribution in [0, 0.1) is 5.92 Å². The minimum absolute atomic E-state index is 0.0859. The fourth-order valence-corrected chi connectivity index (χ4v) is 2.98. The summed E-state index contributed by atoms with van der Waals surface area (Å²) in [6.07, 6.45) is 1.87. The van der Waals surface area contributed by atoms with Gasteiger partial charge in [-0.05, 0) is 37.1 Å². The number of nitrogens with zero attached hydrogens (tertiary/aromatic N) is 3. The van der Waals surface area contributed by atoms with E-state index < -0.39 is 11.9 Å². The molecule has 132 valence electrons. The van der Waals surface area contributed by atoms with Crippen LogP contribution in [-0.4, -0.2) is 45.1 Å². The summed E-state index contributed by atoms with van der Waals surface area (Å²) >= 11 is 5.85. The predicted molar refractivity (Wildman–Crippen MR) is 90.0 cm³/mol. The maximum atomic E-state index is 12.3. The molecule has 1 aliphatic heterocycles. The van der Waals surface area contributed by atoms with Gasteiger partial charge >= 0.3 is 5.97 Å². The van der Waals surface area contributed by atoms with E-state index in [9.17, 15) is 9.59 Å². The van der Waals surface area contributed by atoms with Gasteiger partial charge in [0.05, 0.1) is 5.92 Å². The molecule has 0 aliphatic carbocycles. The van der Waals surface area contributed by atoms with Crippen molar-refractivity contribution in [3.05, 3.63) is 35.2 Å². The van der Waals surface area contributed by atoms with Crippen LogP contribution in [0.2, 0.25) is 5.02 Å². The van der Waals surface area contributed by atoms with E-state index in [1.807, 2.05) is 0 Å². The Bertz CT molecular complexity index is 760. The SMILES string of the molecule is O=C(O)[C@H]1CCCN(C(=O)CCc2nc(-c3ccc(Cl)cc3)no2)C1. The van der Waals surface area contributed by atoms with Crippen molar-refractivity contribution in [1.82, 2.24) is 15.0 Å². The van der Waals surface area contributed by atoms with Gasteiger partial charge in [-0.1, -0.05) is 16.8 Å². The van der Waals surface area contributed by atoms with Crippen molar-refractivity contribution in [2.75, 3.05) is 13.1 Å². The van der Waals surface area contributed by atoms with E-state index in [2.05, 4.69) is 10.1 Å². The molecule has 0 bridgehead atoms. The van der Waals surface area contributed by atoms with Crippen molar-refractivity contribution in [2.45, 2.75) is 25.7 Å². The van der Waals surface area contributed by atoms with E-state index in [1.54, 1.807) is 29.2 Å². The number of likely N-dealkylation sites (tertiary alicyclic amines) is 1. The monoisotopic (exact) mass is 363 g/mol. The summed E-state index contributed by atoms with van der Waals surface area (Å²) in [5.41, 5.74) is 0.783. The van der Waals surface area contributed by atoms with Crippen LogP contribution in [0.4, 0.5) is 0 Å². The van der Waals surface area contributed by atoms with Crippen molar-refractivity contribution in [3.63, 3.8) is 0 Å². The number of carboxylic acids is 1. The molecule has 2 heterocycles. The Labute approximate surface area is 149 Å². The summed E-state index contributed by atoms with van der Waals surface area (Å²) in [5, 5.41) is 13.6. The average Bonchev–Trinajstić information content (AvgIpc) is 3.09. The molecule has 0 saturated carbocycles. The van der Waals surface area contributed by atoms with Crippen LogP contribution in [0.1, 0.15) is 25.2 Å². The standard InChI is InChI=1S/C17H18ClN3O4/c18-13-5-3-11(4-6-13)16-19-14(25-20-16)7-8-15(22)21-9-1-2-12(10-21)17(23)24/h3-6,12H,1-2,7-10H2,(H,23,24)/t12-/m0/s1. The molecule has 1 aliphatic rings. The van der Waals surface area contributed by atoms with Crippen LogP contribution >= 0.6 is 11.6 Å². The number of hydrogen-bond donors (Lipinski definition) is 1. The Balaban J connectivity index is 1.56. The third-order valence-electron chi connectivity index (χ3n) is 4.25. The molecule has 1 aromatic carbocycles. The molecule has 3 rings (SSSR count). The Kier molecular flexibility index (Phi) is 5.33. The van der Waals surface area contributed by atoms with Crippen LogP contribution in [0.15, 0.2) is 28.8 Å². The lowest BCUT2D eigenvalue weighted by molar-refractivity contribution is -0.145. The van der Waals surface area contributed by atoms with Crippen LogP contribution in [0.5, 0.6) is 0 Å². The molecule has 1 fully saturated rings. The largest absolute Gasteiger partial charge is 0.481 e. The van der Waals surface area contributed by atoms with Gasteiger partial charge < -0.3 is 14.5 Å². The van der Waals surface area contributed by atoms with Gasteiger partial charge in [-0.2, -0.15) is 4.98 Å². The van der Waals surface area contributed by atoms with Gasteiger partial charge in [0.25, 0.3) is 0 Å². The molecule has 2 aromatic rings. The van der Waals surface area contributed by atoms with E-state index in [4.69, 9.17) is 21.2 Å². The van der Waals surface area contributed by atoms with E-state index in [-0.39, 0.29) is 18.9 Å². The van der Waals surface area contributed by atoms with Gasteiger partial charge in [0, 0.05) is 36.5 Å². The Morgan fingerprint density at radius 2 is 2.08 bits per heavy atom. The zero-order valence-corrected chi connectivity index (χ0v) is 14.3. The third kappa shape index (κ3) is 4.36. The normalized spacial score (nSPS) is 17.5. The lowest BCUT2D eigenvalue weighted by Gasteiger charge is -2.30. The Hall–Kier alpha value is -2.41. The quantitative estimate of drug-likeness (QED) is 0.877. The Morgan fingerprint density at radius 3 is 2.80 bits per heavy atom. The van der Waals surface area contributed by atoms with E-state index in [0.29, 0.717) is 42.5 Å². The molecule has 1 atom stereocenters. The summed E-state index contributed by atoms with van der Waals surface area (Å²) in [6.45, 7) is 0.872. The zero-order chi connectivity index (χ0) is 17.8. The predicted octanol–water partition coefficient (Wildman–Crippen LogP) is 2.65. The summed E-state index contributed by atoms with van der Waals surface area (Å²) in [4.78, 5) is 29.3. The molecular formula is C17H18ClN3O4. The molecule has 1 saturated heterocycles. The number of aryl methyl sites for hydroxylation is 1. The van der Waals surface area contributed by atoms with Crippen LogP contribution in [0.25, 0.3) is 11.4 Å². The van der Waals surface area contributed by atoms with Gasteiger partial charge in [-0.25, -0.2) is 0 Å². The van der Waals surface area contributed by atoms with E-state index >= 15 is 0 Å². The highest BCUT2D eigenvalue weighted by Gasteiger charge is 2.28. The second kappa shape index (κ2) is 7.65. The van der Waals surface area contributed by atoms with Crippen LogP contribution in [-0.2, 0) is 16.0 Å². The maximum Gasteiger partial charge on any atom is 0.308 e. The summed E-state index contributed by atoms with van der Waals surface area (Å²) in [6, 6.07) is 7.07. The van der Waals surface area contributed by atoms with Gasteiger partial charge in [0.2, 0.25) is 17.6 Å². The fraction of sp³-hybridized carbons (Fsp3) is 0.412. The van der Waals surface area contributed by atoms with Gasteiger partial charge in [-0.3, -0.25) is 9.59 Å². The number of carbonyl (C=O) groups is 2. The number of amides is 1. The first-order valence-corrected chi connectivity index (χ1v) is 8.50. The lowest BCUT2D eigenvalue weighted by Crippen LogP contribution is -2.42. The van der Waals surface area contributed by atoms with Crippen molar-refractivity contribution < 1.29 is 19.2 Å². The number of aromatic nitrogens is 2. The van der Waals surface area contributed by atoms with E-state index in [1.165, 1.54) is 0 Å². The number of aliphatic carboxylic acids is 1. The summed E-state index contributed by atoms with van der Waals surface area (Å²) in [5.74, 6) is -0.579. The first kappa shape index (κ1) is 17.4. The molecule has 1 amide bonds. The fourth-order valence-electron chi connectivity index (χ4n) is 2.85. The molecule has 0 spiro atoms. The van der Waals surface area contributed by atoms with E-state index in [0.717, 1.165) is 5.56 Å². The first-order chi connectivity index (χ1) is 12.0. The zero-order valence-electron chi connectivity index (χ0n) is 13.5. The second-order valence-electron chi connectivity index (χ2n) is 6.04. The third-order valence-corrected chi connectivity index (χ3v) is 4.50. The number of carbonyl (C=O) groups excluding carboxylic acids is 1. The minimum atomic E-state index is -0.845. The summed E-state index contributed by atoms with van der Waals surface area (Å²) < 4.78 is 5.19. The minimum Gasteiger partial charge on any atom is -0.481 e. The van der Waals surface area contributed by atoms with Gasteiger partial charge in [0.1, 0.15) is 0 Å². The number of carboxylic acid groups (broad SMARTS) is 1. The van der Waals surface area contributed by atoms with Gasteiger partial charge in [-0.15, -0.1) is 0 Å². The lowest BCUT2D eigenvalue weighted by atomic mass is 9.98. The highest BCUT2D eigenvalue weighted by Crippen LogP contribution is 2.20. The first-order valence-electron chi connectivity index (χ1n) is 8.12. The number of halogens is 1. The second-order valence-corrected chi connectivity index (χ2v) is 6.47. The molecule has 0 radical (unpaired) electrons.